The van der Waals surface area contributed by atoms with Crippen molar-refractivity contribution in [2.45, 2.75) is 183 Å². The van der Waals surface area contributed by atoms with Crippen molar-refractivity contribution >= 4 is 27.5 Å². The van der Waals surface area contributed by atoms with Crippen LogP contribution in [0.15, 0.2) is 60.4 Å². The molecule has 60 heavy (non-hydrogen) atoms. The van der Waals surface area contributed by atoms with Crippen LogP contribution < -0.4 is 0 Å². The second kappa shape index (κ2) is 19.3. The van der Waals surface area contributed by atoms with Gasteiger partial charge in [0.2, 0.25) is 0 Å². The maximum absolute atomic E-state index is 12.4. The number of nitrogens with zero attached hydrogens (tertiary/aromatic N) is 1. The smallest absolute Gasteiger partial charge is 0.162 e. The van der Waals surface area contributed by atoms with Crippen molar-refractivity contribution in [3.63, 3.8) is 0 Å². The summed E-state index contributed by atoms with van der Waals surface area (Å²) in [5, 5.41) is 14.2. The zero-order valence-corrected chi connectivity index (χ0v) is 41.1. The second-order valence-electron chi connectivity index (χ2n) is 22.3. The van der Waals surface area contributed by atoms with E-state index in [4.69, 9.17) is 4.98 Å². The number of benzene rings is 3. The summed E-state index contributed by atoms with van der Waals surface area (Å²) in [6, 6.07) is 22.0. The van der Waals surface area contributed by atoms with Crippen LogP contribution in [0.5, 0.6) is 0 Å². The van der Waals surface area contributed by atoms with E-state index in [-0.39, 0.29) is 43.1 Å². The Morgan fingerprint density at radius 1 is 0.750 bits per heavy atom. The number of rotatable bonds is 6. The predicted octanol–water partition coefficient (Wildman–Crippen LogP) is 16.1. The molecule has 1 aromatic heterocycles. The number of aryl methyl sites for hydroxylation is 2. The van der Waals surface area contributed by atoms with Crippen LogP contribution in [-0.2, 0) is 30.3 Å². The number of hydrogen-bond acceptors (Lipinski definition) is 3. The zero-order chi connectivity index (χ0) is 42.1. The first-order chi connectivity index (χ1) is 28.0. The van der Waals surface area contributed by atoms with Gasteiger partial charge in [-0.15, -0.1) is 29.1 Å². The number of ketones is 1. The molecule has 1 radical (unpaired) electrons. The Labute approximate surface area is 377 Å². The van der Waals surface area contributed by atoms with E-state index >= 15 is 0 Å². The summed E-state index contributed by atoms with van der Waals surface area (Å²) in [5.74, 6) is 3.42. The Kier molecular flexibility index (Phi) is 15.0. The SMILES string of the molecule is CC1(C)CCC(C(=O)/C=C(\O)C2CCC(C)(C)CC2)CC1.Cc1cc(C)c2c(C3CCC(C4CCCCC4)CC3)cc(-c3[c-]c4ccccc4c(C(C)(C)C)c3)nc2c1.[Ir]. The number of aliphatic hydroxyl groups excluding tert-OH is 1. The monoisotopic (exact) mass is 988 g/mol. The fourth-order valence-corrected chi connectivity index (χ4v) is 11.5. The van der Waals surface area contributed by atoms with Gasteiger partial charge in [0.1, 0.15) is 0 Å². The molecule has 3 aromatic carbocycles. The van der Waals surface area contributed by atoms with E-state index in [1.165, 1.54) is 96.2 Å². The van der Waals surface area contributed by atoms with Crippen molar-refractivity contribution in [2.24, 2.45) is 34.5 Å². The van der Waals surface area contributed by atoms with Gasteiger partial charge in [0.25, 0.3) is 0 Å². The Hall–Kier alpha value is -2.81. The normalized spacial score (nSPS) is 23.1. The third-order valence-electron chi connectivity index (χ3n) is 15.5. The maximum atomic E-state index is 12.4. The largest absolute Gasteiger partial charge is 0.512 e. The van der Waals surface area contributed by atoms with E-state index < -0.39 is 0 Å². The summed E-state index contributed by atoms with van der Waals surface area (Å²) < 4.78 is 0. The number of fused-ring (bicyclic) bond motifs is 2. The molecule has 0 atom stereocenters. The van der Waals surface area contributed by atoms with Gasteiger partial charge in [-0.2, -0.15) is 0 Å². The van der Waals surface area contributed by atoms with Crippen LogP contribution in [0.25, 0.3) is 32.9 Å². The summed E-state index contributed by atoms with van der Waals surface area (Å²) >= 11 is 0. The topological polar surface area (TPSA) is 50.2 Å². The molecule has 4 aliphatic carbocycles. The molecule has 3 nitrogen and oxygen atoms in total. The molecule has 0 aliphatic heterocycles. The molecule has 1 N–H and O–H groups in total. The number of aromatic nitrogens is 1. The van der Waals surface area contributed by atoms with E-state index in [0.717, 1.165) is 80.0 Å². The summed E-state index contributed by atoms with van der Waals surface area (Å²) in [6.07, 6.45) is 22.8. The van der Waals surface area contributed by atoms with Gasteiger partial charge in [0.15, 0.2) is 5.78 Å². The van der Waals surface area contributed by atoms with E-state index in [1.54, 1.807) is 6.08 Å². The van der Waals surface area contributed by atoms with Gasteiger partial charge >= 0.3 is 0 Å². The van der Waals surface area contributed by atoms with Crippen LogP contribution in [0.2, 0.25) is 0 Å². The van der Waals surface area contributed by atoms with Gasteiger partial charge in [-0.05, 0) is 148 Å². The van der Waals surface area contributed by atoms with Gasteiger partial charge in [0.05, 0.1) is 11.3 Å². The quantitative estimate of drug-likeness (QED) is 0.119. The molecule has 0 saturated heterocycles. The molecule has 8 rings (SSSR count). The van der Waals surface area contributed by atoms with Crippen molar-refractivity contribution < 1.29 is 30.0 Å². The molecule has 4 aromatic rings. The minimum Gasteiger partial charge on any atom is -0.512 e. The minimum absolute atomic E-state index is 0. The maximum Gasteiger partial charge on any atom is 0.162 e. The number of allylic oxidation sites excluding steroid dienone is 2. The van der Waals surface area contributed by atoms with Crippen molar-refractivity contribution in [1.29, 1.82) is 0 Å². The van der Waals surface area contributed by atoms with E-state index in [2.05, 4.69) is 117 Å². The van der Waals surface area contributed by atoms with Crippen LogP contribution in [0.4, 0.5) is 0 Å². The summed E-state index contributed by atoms with van der Waals surface area (Å²) in [4.78, 5) is 17.7. The van der Waals surface area contributed by atoms with Gasteiger partial charge in [-0.3, -0.25) is 9.78 Å². The standard InChI is InChI=1S/C37H44N.C19H32O2.Ir/c1-24-19-25(2)36-32(28-17-15-27(16-18-28)26-11-7-6-8-12-26)23-34(38-35(36)20-24)30-21-29-13-9-10-14-31(29)33(22-30)37(3,4)5;1-18(2)9-5-14(6-10-18)16(20)13-17(21)15-7-11-19(3,4)12-8-15;/h9-10,13-14,19-20,22-23,26-28H,6-8,11-12,15-18H2,1-5H3;13-15,20H,5-12H2,1-4H3;/q-1;;/b;16-13-;. The minimum atomic E-state index is 0. The van der Waals surface area contributed by atoms with Gasteiger partial charge in [0, 0.05) is 49.1 Å². The van der Waals surface area contributed by atoms with Gasteiger partial charge < -0.3 is 5.11 Å². The first kappa shape index (κ1) is 46.7. The van der Waals surface area contributed by atoms with E-state index in [1.807, 2.05) is 0 Å². The summed E-state index contributed by atoms with van der Waals surface area (Å²) in [5.41, 5.74) is 9.78. The molecule has 4 aliphatic rings. The van der Waals surface area contributed by atoms with Crippen LogP contribution in [0.3, 0.4) is 0 Å². The first-order valence-corrected chi connectivity index (χ1v) is 23.8. The molecule has 0 spiro atoms. The van der Waals surface area contributed by atoms with Gasteiger partial charge in [-0.1, -0.05) is 122 Å². The zero-order valence-electron chi connectivity index (χ0n) is 38.7. The molecular formula is C56H76IrNO2-. The molecule has 0 amide bonds. The molecule has 327 valence electrons. The Morgan fingerprint density at radius 2 is 1.33 bits per heavy atom. The Balaban J connectivity index is 0.000000234. The molecule has 0 unspecified atom stereocenters. The number of carbonyl (C=O) groups is 1. The number of aliphatic hydroxyl groups is 1. The first-order valence-electron chi connectivity index (χ1n) is 23.8. The average Bonchev–Trinajstić information content (AvgIpc) is 3.20. The third kappa shape index (κ3) is 11.2. The molecule has 4 fully saturated rings. The van der Waals surface area contributed by atoms with Crippen molar-refractivity contribution in [2.75, 3.05) is 0 Å². The van der Waals surface area contributed by atoms with E-state index in [9.17, 15) is 9.90 Å². The van der Waals surface area contributed by atoms with Crippen LogP contribution in [0, 0.1) is 54.4 Å². The van der Waals surface area contributed by atoms with Crippen LogP contribution >= 0.6 is 0 Å². The molecule has 4 heteroatoms. The Bertz CT molecular complexity index is 2120. The molecule has 1 heterocycles. The van der Waals surface area contributed by atoms with E-state index in [0.29, 0.717) is 22.5 Å². The van der Waals surface area contributed by atoms with Crippen molar-refractivity contribution in [3.8, 4) is 11.3 Å². The van der Waals surface area contributed by atoms with Crippen LogP contribution in [0.1, 0.15) is 186 Å². The van der Waals surface area contributed by atoms with Crippen LogP contribution in [-0.4, -0.2) is 15.9 Å². The Morgan fingerprint density at radius 3 is 1.95 bits per heavy atom. The second-order valence-corrected chi connectivity index (χ2v) is 22.3. The molecular weight excluding hydrogens is 911 g/mol. The number of hydrogen-bond donors (Lipinski definition) is 1. The molecule has 4 saturated carbocycles. The predicted molar refractivity (Wildman–Crippen MR) is 250 cm³/mol. The number of carbonyl (C=O) groups excluding carboxylic acids is 1. The number of pyridine rings is 1. The fourth-order valence-electron chi connectivity index (χ4n) is 11.5. The molecule has 0 bridgehead atoms. The third-order valence-corrected chi connectivity index (χ3v) is 15.5. The van der Waals surface area contributed by atoms with Gasteiger partial charge in [-0.25, -0.2) is 0 Å². The van der Waals surface area contributed by atoms with Crippen molar-refractivity contribution in [3.05, 3.63) is 88.7 Å². The average molecular weight is 987 g/mol. The summed E-state index contributed by atoms with van der Waals surface area (Å²) in [7, 11) is 0. The summed E-state index contributed by atoms with van der Waals surface area (Å²) in [6.45, 7) is 20.6. The fraction of sp³-hybridized carbons (Fsp3) is 0.607. The van der Waals surface area contributed by atoms with Crippen molar-refractivity contribution in [1.82, 2.24) is 4.98 Å².